The third-order valence-corrected chi connectivity index (χ3v) is 17.7. The van der Waals surface area contributed by atoms with E-state index in [1.54, 1.807) is 41.1 Å². The number of methoxy groups -OCH3 is 3. The van der Waals surface area contributed by atoms with Gasteiger partial charge in [-0.2, -0.15) is 0 Å². The number of cyclic esters (lactones) is 1. The van der Waals surface area contributed by atoms with Crippen molar-refractivity contribution in [2.45, 2.75) is 180 Å². The van der Waals surface area contributed by atoms with E-state index in [1.165, 1.54) is 12.0 Å². The van der Waals surface area contributed by atoms with Crippen molar-refractivity contribution in [3.8, 4) is 11.8 Å². The van der Waals surface area contributed by atoms with E-state index in [-0.39, 0.29) is 54.8 Å². The van der Waals surface area contributed by atoms with Crippen molar-refractivity contribution in [1.82, 2.24) is 14.9 Å². The number of allylic oxidation sites excluding steroid dienone is 6. The number of aliphatic hydroxyl groups is 3. The molecule has 2 bridgehead atoms. The van der Waals surface area contributed by atoms with E-state index in [0.717, 1.165) is 45.6 Å². The van der Waals surface area contributed by atoms with E-state index in [2.05, 4.69) is 22.1 Å². The number of rotatable bonds is 8. The van der Waals surface area contributed by atoms with Crippen LogP contribution in [0.3, 0.4) is 0 Å². The molecule has 1 saturated carbocycles. The number of aromatic amines is 2. The number of H-pyrrole nitrogens is 2. The summed E-state index contributed by atoms with van der Waals surface area (Å²) in [5.41, 5.74) is 3.42. The average molecular weight is 1160 g/mol. The summed E-state index contributed by atoms with van der Waals surface area (Å²) in [6.07, 6.45) is 11.2. The van der Waals surface area contributed by atoms with Crippen LogP contribution in [0.25, 0.3) is 21.8 Å². The number of nitrogens with zero attached hydrogens (tertiary/aromatic N) is 1. The molecule has 4 aromatic rings. The summed E-state index contributed by atoms with van der Waals surface area (Å²) in [6.45, 7) is 12.7. The number of amides is 1. The molecule has 1 aliphatic carbocycles. The smallest absolute Gasteiger partial charge is 0.329 e. The summed E-state index contributed by atoms with van der Waals surface area (Å²) in [4.78, 5) is 78.3. The van der Waals surface area contributed by atoms with Gasteiger partial charge in [-0.1, -0.05) is 107 Å². The number of carbonyl (C=O) groups is 5. The van der Waals surface area contributed by atoms with Crippen molar-refractivity contribution in [2.75, 3.05) is 27.9 Å². The minimum atomic E-state index is -2.43. The lowest BCUT2D eigenvalue weighted by molar-refractivity contribution is -0.265. The summed E-state index contributed by atoms with van der Waals surface area (Å²) in [6, 6.07) is 19.1. The Labute approximate surface area is 495 Å². The van der Waals surface area contributed by atoms with E-state index in [1.807, 2.05) is 107 Å². The molecular formula is C67H91N3O14. The van der Waals surface area contributed by atoms with Crippen LogP contribution in [-0.4, -0.2) is 142 Å². The van der Waals surface area contributed by atoms with Gasteiger partial charge in [0.05, 0.1) is 24.4 Å². The maximum Gasteiger partial charge on any atom is 0.329 e. The number of aliphatic hydroxyl groups excluding tert-OH is 2. The second-order valence-electron chi connectivity index (χ2n) is 24.1. The molecule has 0 spiro atoms. The van der Waals surface area contributed by atoms with Gasteiger partial charge in [-0.05, 0) is 119 Å². The zero-order chi connectivity index (χ0) is 60.8. The van der Waals surface area contributed by atoms with E-state index in [9.17, 15) is 39.3 Å². The molecule has 4 aliphatic rings. The van der Waals surface area contributed by atoms with Crippen LogP contribution >= 0.6 is 0 Å². The lowest BCUT2D eigenvalue weighted by Crippen LogP contribution is -2.61. The summed E-state index contributed by atoms with van der Waals surface area (Å²) in [5, 5.41) is 36.1. The van der Waals surface area contributed by atoms with Gasteiger partial charge in [0, 0.05) is 92.4 Å². The van der Waals surface area contributed by atoms with Crippen molar-refractivity contribution in [3.63, 3.8) is 0 Å². The molecule has 17 heteroatoms. The molecule has 0 unspecified atom stereocenters. The number of benzene rings is 2. The van der Waals surface area contributed by atoms with Crippen LogP contribution in [0.5, 0.6) is 11.8 Å². The number of hydrogen-bond donors (Lipinski definition) is 5. The summed E-state index contributed by atoms with van der Waals surface area (Å²) >= 11 is 0. The molecule has 458 valence electrons. The lowest BCUT2D eigenvalue weighted by atomic mass is 9.78. The van der Waals surface area contributed by atoms with Gasteiger partial charge in [-0.15, -0.1) is 0 Å². The summed E-state index contributed by atoms with van der Waals surface area (Å²) in [5.74, 6) is -6.47. The second-order valence-corrected chi connectivity index (χ2v) is 24.1. The molecule has 2 aromatic carbocycles. The van der Waals surface area contributed by atoms with Gasteiger partial charge in [0.15, 0.2) is 17.5 Å². The molecule has 2 saturated heterocycles. The van der Waals surface area contributed by atoms with Gasteiger partial charge < -0.3 is 58.6 Å². The molecular weight excluding hydrogens is 1070 g/mol. The van der Waals surface area contributed by atoms with Crippen molar-refractivity contribution < 1.29 is 67.7 Å². The summed E-state index contributed by atoms with van der Waals surface area (Å²) in [7, 11) is 4.52. The fourth-order valence-corrected chi connectivity index (χ4v) is 12.4. The Kier molecular flexibility index (Phi) is 23.7. The van der Waals surface area contributed by atoms with Crippen LogP contribution in [0.1, 0.15) is 126 Å². The first kappa shape index (κ1) is 65.5. The Hall–Kier alpha value is -6.05. The van der Waals surface area contributed by atoms with Gasteiger partial charge in [0.25, 0.3) is 11.7 Å². The maximum atomic E-state index is 14.4. The van der Waals surface area contributed by atoms with Gasteiger partial charge in [-0.25, -0.2) is 4.79 Å². The number of hydrogen-bond acceptors (Lipinski definition) is 14. The Bertz CT molecular complexity index is 2850. The number of esters is 1. The minimum absolute atomic E-state index is 0.0193. The number of fused-ring (bicyclic) bond motifs is 5. The van der Waals surface area contributed by atoms with Crippen molar-refractivity contribution in [3.05, 3.63) is 108 Å². The maximum absolute atomic E-state index is 14.4. The molecule has 5 N–H and O–H groups in total. The number of ketones is 3. The highest BCUT2D eigenvalue weighted by Gasteiger charge is 2.53. The van der Waals surface area contributed by atoms with Crippen LogP contribution in [0.2, 0.25) is 0 Å². The number of para-hydroxylation sites is 2. The Morgan fingerprint density at radius 3 is 2.06 bits per heavy atom. The molecule has 17 nitrogen and oxygen atoms in total. The first-order valence-corrected chi connectivity index (χ1v) is 30.1. The number of nitrogens with one attached hydrogen (secondary N) is 2. The Morgan fingerprint density at radius 2 is 1.43 bits per heavy atom. The first-order chi connectivity index (χ1) is 40.1. The predicted octanol–water partition coefficient (Wildman–Crippen LogP) is 10.6. The molecule has 15 atom stereocenters. The molecule has 84 heavy (non-hydrogen) atoms. The standard InChI is InChI=1S/C51H79NO13.C16H12N2O/c1-30-16-12-11-13-17-31(2)42(61-8)28-38-21-19-36(7)51(60,65-38)48(57)49(58)52-23-15-14-18-39(52)50(59)64-43(33(4)26-37-20-22-40(53)44(27-37)62-9)29-41(54)32(3)25-35(6)46(56)47(63-10)45(55)34(5)24-30;1-3-7-13-11(5-1)9-15(17-13)19-16-10-12-6-2-4-8-14(12)18-16/h11-13,16-17,25,30,32-34,36-40,42-44,46-47,53,56,60H,14-15,18-24,26-29H2,1-10H3;1-10,17-18H/b13-11?,16-12+,31-17?,35-25+;/t30-,32-,33-,34-,36-,37+,38+,39+,40-,42+,43+,44-,46-,47+,51-;/m1./s1. The topological polar surface area (TPSA) is 236 Å². The van der Waals surface area contributed by atoms with E-state index < -0.39 is 83.9 Å². The highest BCUT2D eigenvalue weighted by Crippen LogP contribution is 2.38. The fraction of sp³-hybridized carbons (Fsp3) is 0.567. The molecule has 2 aromatic heterocycles. The molecule has 3 aliphatic heterocycles. The number of piperidine rings is 1. The minimum Gasteiger partial charge on any atom is -0.460 e. The molecule has 0 radical (unpaired) electrons. The van der Waals surface area contributed by atoms with Crippen molar-refractivity contribution in [2.24, 2.45) is 35.5 Å². The van der Waals surface area contributed by atoms with E-state index in [4.69, 9.17) is 28.4 Å². The van der Waals surface area contributed by atoms with Gasteiger partial charge in [0.1, 0.15) is 30.1 Å². The van der Waals surface area contributed by atoms with Crippen LogP contribution in [0.4, 0.5) is 0 Å². The zero-order valence-corrected chi connectivity index (χ0v) is 50.8. The third-order valence-electron chi connectivity index (χ3n) is 17.7. The Balaban J connectivity index is 0.000000441. The normalized spacial score (nSPS) is 32.8. The molecule has 5 heterocycles. The molecule has 1 amide bonds. The number of carbonyl (C=O) groups excluding carboxylic acids is 5. The first-order valence-electron chi connectivity index (χ1n) is 30.1. The fourth-order valence-electron chi connectivity index (χ4n) is 12.4. The largest absolute Gasteiger partial charge is 0.460 e. The van der Waals surface area contributed by atoms with Gasteiger partial charge in [-0.3, -0.25) is 19.2 Å². The van der Waals surface area contributed by atoms with Crippen molar-refractivity contribution >= 4 is 51.0 Å². The number of aromatic nitrogens is 2. The monoisotopic (exact) mass is 1160 g/mol. The lowest BCUT2D eigenvalue weighted by Gasteiger charge is -2.42. The second kappa shape index (κ2) is 30.3. The van der Waals surface area contributed by atoms with Gasteiger partial charge in [0.2, 0.25) is 5.79 Å². The van der Waals surface area contributed by atoms with Crippen LogP contribution in [0.15, 0.2) is 108 Å². The molecule has 3 fully saturated rings. The average Bonchev–Trinajstić information content (AvgIpc) is 2.69. The SMILES string of the molecule is CO[C@H]1C[C@@H]2CC[C@@H](C)[C@@](O)(O2)C(=O)C(=O)N2CCCC[C@H]2C(=O)O[C@H]([C@H](C)C[C@@H]2CC[C@@H](O)[C@H](OC)C2)CC(=O)[C@H](C)/C=C(\C)[C@@H](O)[C@@H](OC)C(=O)[C@H](C)C[C@H](C)/C=C/C=CC=C1C.c1ccc2[nH]c(Oc3cc4ccccc4[nH]3)cc2c1. The quantitative estimate of drug-likeness (QED) is 0.0627. The number of Topliss-reactive ketones (excluding diaryl/α,β-unsaturated/α-hetero) is 3. The predicted molar refractivity (Wildman–Crippen MR) is 322 cm³/mol. The molecule has 8 rings (SSSR count). The van der Waals surface area contributed by atoms with Crippen LogP contribution in [-0.2, 0) is 47.7 Å². The van der Waals surface area contributed by atoms with Crippen LogP contribution < -0.4 is 4.74 Å². The highest BCUT2D eigenvalue weighted by molar-refractivity contribution is 6.39. The number of ether oxygens (including phenoxy) is 6. The van der Waals surface area contributed by atoms with E-state index >= 15 is 0 Å². The van der Waals surface area contributed by atoms with Gasteiger partial charge >= 0.3 is 5.97 Å². The summed E-state index contributed by atoms with van der Waals surface area (Å²) < 4.78 is 35.2. The van der Waals surface area contributed by atoms with E-state index in [0.29, 0.717) is 63.4 Å². The Morgan fingerprint density at radius 1 is 0.762 bits per heavy atom. The zero-order valence-electron chi connectivity index (χ0n) is 50.8. The third kappa shape index (κ3) is 16.7. The van der Waals surface area contributed by atoms with Crippen LogP contribution in [0, 0.1) is 35.5 Å². The highest BCUT2D eigenvalue weighted by atomic mass is 16.6. The van der Waals surface area contributed by atoms with Crippen molar-refractivity contribution in [1.29, 1.82) is 0 Å².